The molecule has 3 nitrogen and oxygen atoms in total. The van der Waals surface area contributed by atoms with Crippen LogP contribution >= 0.6 is 23.2 Å². The zero-order valence-corrected chi connectivity index (χ0v) is 11.1. The number of hydrogen-bond acceptors (Lipinski definition) is 2. The monoisotopic (exact) mass is 298 g/mol. The van der Waals surface area contributed by atoms with Gasteiger partial charge in [0, 0.05) is 10.7 Å². The number of nitrogens with one attached hydrogen (secondary N) is 1. The quantitative estimate of drug-likeness (QED) is 0.824. The normalized spacial score (nSPS) is 10.3. The van der Waals surface area contributed by atoms with E-state index in [9.17, 15) is 9.18 Å². The summed E-state index contributed by atoms with van der Waals surface area (Å²) in [7, 11) is 0. The van der Waals surface area contributed by atoms with E-state index < -0.39 is 11.7 Å². The van der Waals surface area contributed by atoms with Crippen LogP contribution in [-0.4, -0.2) is 5.91 Å². The topological polar surface area (TPSA) is 55.1 Å². The van der Waals surface area contributed by atoms with Crippen LogP contribution in [0.25, 0.3) is 0 Å². The Morgan fingerprint density at radius 1 is 1.16 bits per heavy atom. The van der Waals surface area contributed by atoms with Crippen molar-refractivity contribution in [3.63, 3.8) is 0 Å². The number of carbonyl (C=O) groups excluding carboxylic acids is 1. The molecule has 0 saturated heterocycles. The van der Waals surface area contributed by atoms with Crippen LogP contribution in [0.4, 0.5) is 15.8 Å². The van der Waals surface area contributed by atoms with Crippen LogP contribution in [0.3, 0.4) is 0 Å². The van der Waals surface area contributed by atoms with E-state index in [1.54, 1.807) is 6.07 Å². The van der Waals surface area contributed by atoms with Gasteiger partial charge >= 0.3 is 0 Å². The maximum Gasteiger partial charge on any atom is 0.258 e. The fraction of sp³-hybridized carbons (Fsp3) is 0. The van der Waals surface area contributed by atoms with Crippen LogP contribution < -0.4 is 11.1 Å². The molecular formula is C13H9Cl2FN2O. The lowest BCUT2D eigenvalue weighted by Gasteiger charge is -2.08. The summed E-state index contributed by atoms with van der Waals surface area (Å²) in [6.45, 7) is 0. The fourth-order valence-corrected chi connectivity index (χ4v) is 1.90. The molecule has 0 spiro atoms. The number of nitrogen functional groups attached to an aromatic ring is 1. The molecule has 19 heavy (non-hydrogen) atoms. The summed E-state index contributed by atoms with van der Waals surface area (Å²) in [5.41, 5.74) is 6.20. The first-order valence-electron chi connectivity index (χ1n) is 5.29. The van der Waals surface area contributed by atoms with Crippen molar-refractivity contribution in [1.29, 1.82) is 0 Å². The number of carbonyl (C=O) groups is 1. The summed E-state index contributed by atoms with van der Waals surface area (Å²) in [4.78, 5) is 11.9. The predicted molar refractivity (Wildman–Crippen MR) is 75.2 cm³/mol. The van der Waals surface area contributed by atoms with Crippen LogP contribution in [0, 0.1) is 5.82 Å². The standard InChI is InChI=1S/C13H9Cl2FN2O/c14-7-1-3-11(16)9(5-7)13(19)18-12-4-2-8(17)6-10(12)15/h1-6H,17H2,(H,18,19). The molecule has 0 aromatic heterocycles. The molecule has 98 valence electrons. The molecule has 0 unspecified atom stereocenters. The minimum absolute atomic E-state index is 0.152. The fourth-order valence-electron chi connectivity index (χ4n) is 1.49. The maximum absolute atomic E-state index is 13.5. The minimum Gasteiger partial charge on any atom is -0.399 e. The second-order valence-corrected chi connectivity index (χ2v) is 4.66. The summed E-state index contributed by atoms with van der Waals surface area (Å²) in [5.74, 6) is -1.29. The van der Waals surface area contributed by atoms with Gasteiger partial charge in [-0.2, -0.15) is 0 Å². The molecule has 6 heteroatoms. The summed E-state index contributed by atoms with van der Waals surface area (Å²) < 4.78 is 13.5. The van der Waals surface area contributed by atoms with Crippen molar-refractivity contribution in [2.75, 3.05) is 11.1 Å². The highest BCUT2D eigenvalue weighted by atomic mass is 35.5. The maximum atomic E-state index is 13.5. The average molecular weight is 299 g/mol. The van der Waals surface area contributed by atoms with Gasteiger partial charge in [-0.15, -0.1) is 0 Å². The molecule has 2 aromatic carbocycles. The van der Waals surface area contributed by atoms with Gasteiger partial charge in [-0.3, -0.25) is 4.79 Å². The summed E-state index contributed by atoms with van der Waals surface area (Å²) >= 11 is 11.6. The van der Waals surface area contributed by atoms with Gasteiger partial charge < -0.3 is 11.1 Å². The van der Waals surface area contributed by atoms with Gasteiger partial charge in [-0.05, 0) is 36.4 Å². The van der Waals surface area contributed by atoms with E-state index in [0.29, 0.717) is 11.4 Å². The van der Waals surface area contributed by atoms with Crippen LogP contribution in [0.2, 0.25) is 10.0 Å². The Bertz CT molecular complexity index is 647. The molecule has 0 aliphatic carbocycles. The van der Waals surface area contributed by atoms with Crippen molar-refractivity contribution in [2.24, 2.45) is 0 Å². The molecule has 0 heterocycles. The Morgan fingerprint density at radius 3 is 2.58 bits per heavy atom. The summed E-state index contributed by atoms with van der Waals surface area (Å²) in [5, 5.41) is 3.04. The second-order valence-electron chi connectivity index (χ2n) is 3.82. The van der Waals surface area contributed by atoms with Gasteiger partial charge in [-0.25, -0.2) is 4.39 Å². The average Bonchev–Trinajstić information content (AvgIpc) is 2.35. The zero-order chi connectivity index (χ0) is 14.0. The van der Waals surface area contributed by atoms with Gasteiger partial charge in [0.05, 0.1) is 16.3 Å². The smallest absolute Gasteiger partial charge is 0.258 e. The Balaban J connectivity index is 2.28. The number of benzene rings is 2. The minimum atomic E-state index is -0.659. The first-order chi connectivity index (χ1) is 8.97. The van der Waals surface area contributed by atoms with Gasteiger partial charge in [0.2, 0.25) is 0 Å². The van der Waals surface area contributed by atoms with Gasteiger partial charge in [0.15, 0.2) is 0 Å². The lowest BCUT2D eigenvalue weighted by atomic mass is 10.2. The van der Waals surface area contributed by atoms with Crippen molar-refractivity contribution in [3.8, 4) is 0 Å². The first kappa shape index (κ1) is 13.6. The molecule has 1 amide bonds. The van der Waals surface area contributed by atoms with Gasteiger partial charge in [0.25, 0.3) is 5.91 Å². The molecule has 0 bridgehead atoms. The van der Waals surface area contributed by atoms with Gasteiger partial charge in [-0.1, -0.05) is 23.2 Å². The molecular weight excluding hydrogens is 290 g/mol. The van der Waals surface area contributed by atoms with E-state index in [2.05, 4.69) is 5.32 Å². The highest BCUT2D eigenvalue weighted by Crippen LogP contribution is 2.25. The highest BCUT2D eigenvalue weighted by molar-refractivity contribution is 6.34. The molecule has 3 N–H and O–H groups in total. The lowest BCUT2D eigenvalue weighted by molar-refractivity contribution is 0.102. The zero-order valence-electron chi connectivity index (χ0n) is 9.58. The Hall–Kier alpha value is -1.78. The Labute approximate surface area is 119 Å². The molecule has 0 aliphatic heterocycles. The number of nitrogens with two attached hydrogens (primary N) is 1. The SMILES string of the molecule is Nc1ccc(NC(=O)c2cc(Cl)ccc2F)c(Cl)c1. The summed E-state index contributed by atoms with van der Waals surface area (Å²) in [6.07, 6.45) is 0. The number of halogens is 3. The third-order valence-corrected chi connectivity index (χ3v) is 2.96. The molecule has 2 rings (SSSR count). The van der Waals surface area contributed by atoms with Crippen molar-refractivity contribution in [1.82, 2.24) is 0 Å². The molecule has 0 radical (unpaired) electrons. The molecule has 2 aromatic rings. The molecule has 0 fully saturated rings. The van der Waals surface area contributed by atoms with Crippen molar-refractivity contribution < 1.29 is 9.18 Å². The molecule has 0 atom stereocenters. The van der Waals surface area contributed by atoms with E-state index in [1.165, 1.54) is 24.3 Å². The summed E-state index contributed by atoms with van der Waals surface area (Å²) in [6, 6.07) is 8.35. The number of anilines is 2. The van der Waals surface area contributed by atoms with Crippen molar-refractivity contribution in [3.05, 3.63) is 57.8 Å². The highest BCUT2D eigenvalue weighted by Gasteiger charge is 2.13. The number of amides is 1. The molecule has 0 aliphatic rings. The van der Waals surface area contributed by atoms with E-state index in [0.717, 1.165) is 6.07 Å². The van der Waals surface area contributed by atoms with Crippen LogP contribution in [0.5, 0.6) is 0 Å². The largest absolute Gasteiger partial charge is 0.399 e. The first-order valence-corrected chi connectivity index (χ1v) is 6.04. The van der Waals surface area contributed by atoms with Crippen LogP contribution in [0.1, 0.15) is 10.4 Å². The van der Waals surface area contributed by atoms with E-state index in [-0.39, 0.29) is 15.6 Å². The number of rotatable bonds is 2. The van der Waals surface area contributed by atoms with E-state index in [4.69, 9.17) is 28.9 Å². The van der Waals surface area contributed by atoms with E-state index in [1.807, 2.05) is 0 Å². The van der Waals surface area contributed by atoms with Crippen LogP contribution in [0.15, 0.2) is 36.4 Å². The van der Waals surface area contributed by atoms with Crippen molar-refractivity contribution in [2.45, 2.75) is 0 Å². The molecule has 0 saturated carbocycles. The Morgan fingerprint density at radius 2 is 1.89 bits per heavy atom. The number of hydrogen-bond donors (Lipinski definition) is 2. The van der Waals surface area contributed by atoms with Gasteiger partial charge in [0.1, 0.15) is 5.82 Å². The Kier molecular flexibility index (Phi) is 3.93. The second kappa shape index (κ2) is 5.47. The third-order valence-electron chi connectivity index (χ3n) is 2.41. The van der Waals surface area contributed by atoms with E-state index >= 15 is 0 Å². The van der Waals surface area contributed by atoms with Crippen molar-refractivity contribution >= 4 is 40.5 Å². The van der Waals surface area contributed by atoms with Crippen LogP contribution in [-0.2, 0) is 0 Å². The third kappa shape index (κ3) is 3.16. The lowest BCUT2D eigenvalue weighted by Crippen LogP contribution is -2.14. The predicted octanol–water partition coefficient (Wildman–Crippen LogP) is 3.97.